The van der Waals surface area contributed by atoms with Gasteiger partial charge in [-0.25, -0.2) is 0 Å². The van der Waals surface area contributed by atoms with E-state index in [1.54, 1.807) is 25.3 Å². The molecule has 0 aromatic heterocycles. The average Bonchev–Trinajstić information content (AvgIpc) is 2.62. The molecule has 0 heterocycles. The highest BCUT2D eigenvalue weighted by molar-refractivity contribution is 5.94. The molecule has 134 valence electrons. The lowest BCUT2D eigenvalue weighted by molar-refractivity contribution is 0.0950. The fourth-order valence-corrected chi connectivity index (χ4v) is 2.70. The van der Waals surface area contributed by atoms with Crippen molar-refractivity contribution in [3.63, 3.8) is 0 Å². The second kappa shape index (κ2) is 9.11. The van der Waals surface area contributed by atoms with Crippen LogP contribution in [0, 0.1) is 0 Å². The predicted octanol–water partition coefficient (Wildman–Crippen LogP) is 4.41. The van der Waals surface area contributed by atoms with E-state index in [1.165, 1.54) is 5.56 Å². The van der Waals surface area contributed by atoms with Gasteiger partial charge in [0.1, 0.15) is 0 Å². The molecule has 0 bridgehead atoms. The van der Waals surface area contributed by atoms with Crippen LogP contribution in [0.1, 0.15) is 49.0 Å². The largest absolute Gasteiger partial charge is 0.493 e. The first-order chi connectivity index (χ1) is 12.0. The molecule has 0 radical (unpaired) electrons. The predicted molar refractivity (Wildman–Crippen MR) is 101 cm³/mol. The average molecular weight is 341 g/mol. The van der Waals surface area contributed by atoms with E-state index in [0.29, 0.717) is 29.5 Å². The number of carbonyl (C=O) groups excluding carboxylic acids is 1. The van der Waals surface area contributed by atoms with Gasteiger partial charge in [-0.2, -0.15) is 0 Å². The van der Waals surface area contributed by atoms with Gasteiger partial charge in [0.05, 0.1) is 13.2 Å². The number of amides is 1. The van der Waals surface area contributed by atoms with Crippen LogP contribution in [-0.4, -0.2) is 25.7 Å². The highest BCUT2D eigenvalue weighted by atomic mass is 16.5. The Morgan fingerprint density at radius 2 is 1.80 bits per heavy atom. The maximum Gasteiger partial charge on any atom is 0.251 e. The minimum Gasteiger partial charge on any atom is -0.493 e. The van der Waals surface area contributed by atoms with Crippen LogP contribution in [0.5, 0.6) is 11.5 Å². The van der Waals surface area contributed by atoms with Crippen molar-refractivity contribution in [2.75, 3.05) is 13.7 Å². The summed E-state index contributed by atoms with van der Waals surface area (Å²) in [6.45, 7) is 6.64. The first kappa shape index (κ1) is 18.8. The molecule has 4 heteroatoms. The summed E-state index contributed by atoms with van der Waals surface area (Å²) in [5, 5.41) is 3.02. The van der Waals surface area contributed by atoms with Crippen molar-refractivity contribution in [1.82, 2.24) is 5.32 Å². The van der Waals surface area contributed by atoms with E-state index < -0.39 is 0 Å². The van der Waals surface area contributed by atoms with Crippen LogP contribution < -0.4 is 14.8 Å². The molecule has 0 fully saturated rings. The van der Waals surface area contributed by atoms with Crippen LogP contribution in [0.25, 0.3) is 0 Å². The van der Waals surface area contributed by atoms with E-state index in [4.69, 9.17) is 9.47 Å². The number of rotatable bonds is 8. The molecule has 25 heavy (non-hydrogen) atoms. The van der Waals surface area contributed by atoms with Crippen LogP contribution in [-0.2, 0) is 0 Å². The zero-order valence-electron chi connectivity index (χ0n) is 15.4. The van der Waals surface area contributed by atoms with Crippen molar-refractivity contribution in [3.05, 3.63) is 59.7 Å². The summed E-state index contributed by atoms with van der Waals surface area (Å²) in [4.78, 5) is 12.5. The van der Waals surface area contributed by atoms with Gasteiger partial charge in [0.2, 0.25) is 0 Å². The molecular formula is C21H27NO3. The van der Waals surface area contributed by atoms with Crippen molar-refractivity contribution < 1.29 is 14.3 Å². The molecule has 4 nitrogen and oxygen atoms in total. The molecule has 0 spiro atoms. The number of carbonyl (C=O) groups is 1. The molecule has 2 aromatic carbocycles. The van der Waals surface area contributed by atoms with Crippen molar-refractivity contribution >= 4 is 5.91 Å². The minimum atomic E-state index is -0.108. The monoisotopic (exact) mass is 341 g/mol. The number of ether oxygens (including phenoxy) is 2. The molecule has 1 amide bonds. The lowest BCUT2D eigenvalue weighted by Crippen LogP contribution is -2.28. The van der Waals surface area contributed by atoms with Gasteiger partial charge in [0, 0.05) is 18.0 Å². The van der Waals surface area contributed by atoms with E-state index in [1.807, 2.05) is 32.0 Å². The summed E-state index contributed by atoms with van der Waals surface area (Å²) in [6, 6.07) is 15.5. The molecule has 1 atom stereocenters. The molecule has 0 aliphatic carbocycles. The van der Waals surface area contributed by atoms with Crippen molar-refractivity contribution in [3.8, 4) is 11.5 Å². The number of methoxy groups -OCH3 is 1. The molecule has 2 rings (SSSR count). The second-order valence-electron chi connectivity index (χ2n) is 6.26. The summed E-state index contributed by atoms with van der Waals surface area (Å²) < 4.78 is 11.0. The maximum atomic E-state index is 12.5. The summed E-state index contributed by atoms with van der Waals surface area (Å²) in [6.07, 6.45) is 1.01. The van der Waals surface area contributed by atoms with Gasteiger partial charge in [-0.1, -0.05) is 37.3 Å². The third kappa shape index (κ3) is 5.24. The molecule has 0 saturated carbocycles. The number of benzene rings is 2. The molecule has 0 aliphatic rings. The van der Waals surface area contributed by atoms with Crippen LogP contribution in [0.4, 0.5) is 0 Å². The highest BCUT2D eigenvalue weighted by Crippen LogP contribution is 2.29. The van der Waals surface area contributed by atoms with Gasteiger partial charge < -0.3 is 14.8 Å². The lowest BCUT2D eigenvalue weighted by Gasteiger charge is -2.17. The maximum absolute atomic E-state index is 12.5. The Morgan fingerprint density at radius 3 is 2.40 bits per heavy atom. The Morgan fingerprint density at radius 1 is 1.08 bits per heavy atom. The minimum absolute atomic E-state index is 0.0461. The van der Waals surface area contributed by atoms with Gasteiger partial charge >= 0.3 is 0 Å². The third-order valence-electron chi connectivity index (χ3n) is 4.06. The smallest absolute Gasteiger partial charge is 0.251 e. The van der Waals surface area contributed by atoms with Gasteiger partial charge in [0.25, 0.3) is 5.91 Å². The zero-order chi connectivity index (χ0) is 18.2. The highest BCUT2D eigenvalue weighted by Gasteiger charge is 2.14. The SMILES string of the molecule is CC[C@H](CNC(=O)c1ccc(OC(C)C)c(OC)c1)c1ccccc1. The molecule has 0 saturated heterocycles. The number of hydrogen-bond donors (Lipinski definition) is 1. The third-order valence-corrected chi connectivity index (χ3v) is 4.06. The van der Waals surface area contributed by atoms with E-state index in [9.17, 15) is 4.79 Å². The number of hydrogen-bond acceptors (Lipinski definition) is 3. The first-order valence-corrected chi connectivity index (χ1v) is 8.73. The van der Waals surface area contributed by atoms with E-state index >= 15 is 0 Å². The Bertz CT molecular complexity index is 683. The summed E-state index contributed by atoms with van der Waals surface area (Å²) in [5.74, 6) is 1.40. The molecule has 1 N–H and O–H groups in total. The number of nitrogens with one attached hydrogen (secondary N) is 1. The van der Waals surface area contributed by atoms with Gasteiger partial charge in [-0.15, -0.1) is 0 Å². The van der Waals surface area contributed by atoms with E-state index in [2.05, 4.69) is 24.4 Å². The summed E-state index contributed by atoms with van der Waals surface area (Å²) in [7, 11) is 1.58. The van der Waals surface area contributed by atoms with E-state index in [-0.39, 0.29) is 12.0 Å². The summed E-state index contributed by atoms with van der Waals surface area (Å²) in [5.41, 5.74) is 1.81. The Labute approximate surface area is 150 Å². The zero-order valence-corrected chi connectivity index (χ0v) is 15.4. The second-order valence-corrected chi connectivity index (χ2v) is 6.26. The fraction of sp³-hybridized carbons (Fsp3) is 0.381. The fourth-order valence-electron chi connectivity index (χ4n) is 2.70. The van der Waals surface area contributed by atoms with Gasteiger partial charge in [-0.3, -0.25) is 4.79 Å². The van der Waals surface area contributed by atoms with Crippen LogP contribution in [0.2, 0.25) is 0 Å². The van der Waals surface area contributed by atoms with Crippen LogP contribution in [0.15, 0.2) is 48.5 Å². The Balaban J connectivity index is 2.05. The Kier molecular flexibility index (Phi) is 6.87. The van der Waals surface area contributed by atoms with Crippen molar-refractivity contribution in [2.45, 2.75) is 39.2 Å². The van der Waals surface area contributed by atoms with Gasteiger partial charge in [-0.05, 0) is 44.0 Å². The quantitative estimate of drug-likeness (QED) is 0.774. The molecular weight excluding hydrogens is 314 g/mol. The molecule has 0 aliphatic heterocycles. The standard InChI is InChI=1S/C21H27NO3/c1-5-16(17-9-7-6-8-10-17)14-22-21(23)18-11-12-19(25-15(2)3)20(13-18)24-4/h6-13,15-16H,5,14H2,1-4H3,(H,22,23)/t16-/m1/s1. The van der Waals surface area contributed by atoms with Crippen molar-refractivity contribution in [1.29, 1.82) is 0 Å². The normalized spacial score (nSPS) is 11.9. The van der Waals surface area contributed by atoms with E-state index in [0.717, 1.165) is 6.42 Å². The van der Waals surface area contributed by atoms with Crippen LogP contribution >= 0.6 is 0 Å². The van der Waals surface area contributed by atoms with Gasteiger partial charge in [0.15, 0.2) is 11.5 Å². The topological polar surface area (TPSA) is 47.6 Å². The van der Waals surface area contributed by atoms with Crippen molar-refractivity contribution in [2.24, 2.45) is 0 Å². The molecule has 2 aromatic rings. The lowest BCUT2D eigenvalue weighted by atomic mass is 9.96. The Hall–Kier alpha value is -2.49. The first-order valence-electron chi connectivity index (χ1n) is 8.73. The summed E-state index contributed by atoms with van der Waals surface area (Å²) >= 11 is 0. The molecule has 0 unspecified atom stereocenters. The van der Waals surface area contributed by atoms with Crippen LogP contribution in [0.3, 0.4) is 0 Å².